The molecule has 3 nitrogen and oxygen atoms in total. The fourth-order valence-electron chi connectivity index (χ4n) is 8.67. The van der Waals surface area contributed by atoms with Crippen molar-refractivity contribution < 1.29 is 13.1 Å². The Bertz CT molecular complexity index is 1580. The third-order valence-electron chi connectivity index (χ3n) is 12.4. The molecule has 0 aliphatic heterocycles. The first-order chi connectivity index (χ1) is 28.3. The van der Waals surface area contributed by atoms with Gasteiger partial charge in [0.1, 0.15) is 0 Å². The molecule has 332 valence electrons. The van der Waals surface area contributed by atoms with Gasteiger partial charge < -0.3 is 0 Å². The Morgan fingerprint density at radius 3 is 1.07 bits per heavy atom. The number of benzene rings is 2. The zero-order chi connectivity index (χ0) is 43.8. The van der Waals surface area contributed by atoms with Crippen LogP contribution in [-0.4, -0.2) is 32.6 Å². The SMILES string of the molecule is CCCC[Si](CCCC)(CCCC)CC(=Nc1c(C)ccc(Cl)c1C)c1cccc(C(C[Si](CCCC)(CCCC)CCCC)=Nc2c(C)ccc(Cl)c2C)n1.[Cl][Fe][Cl]. The Morgan fingerprint density at radius 1 is 0.508 bits per heavy atom. The maximum absolute atomic E-state index is 6.81. The quantitative estimate of drug-likeness (QED) is 0.0583. The van der Waals surface area contributed by atoms with Crippen LogP contribution in [0.5, 0.6) is 0 Å². The van der Waals surface area contributed by atoms with Crippen molar-refractivity contribution in [3.63, 3.8) is 0 Å². The van der Waals surface area contributed by atoms with Gasteiger partial charge in [0.05, 0.1) is 50.3 Å². The van der Waals surface area contributed by atoms with Crippen molar-refractivity contribution in [1.82, 2.24) is 4.98 Å². The van der Waals surface area contributed by atoms with Crippen molar-refractivity contribution >= 4 is 82.3 Å². The van der Waals surface area contributed by atoms with Crippen LogP contribution in [0.2, 0.25) is 58.4 Å². The molecule has 0 radical (unpaired) electrons. The van der Waals surface area contributed by atoms with Crippen LogP contribution in [0.15, 0.2) is 52.4 Å². The second kappa shape index (κ2) is 29.4. The van der Waals surface area contributed by atoms with Gasteiger partial charge in [0.15, 0.2) is 0 Å². The molecule has 0 N–H and O–H groups in total. The molecule has 59 heavy (non-hydrogen) atoms. The number of hydrogen-bond acceptors (Lipinski definition) is 3. The van der Waals surface area contributed by atoms with E-state index in [1.807, 2.05) is 12.1 Å². The summed E-state index contributed by atoms with van der Waals surface area (Å²) >= 11 is 13.8. The Balaban J connectivity index is 0.00000387. The van der Waals surface area contributed by atoms with Crippen LogP contribution >= 0.6 is 43.4 Å². The number of aliphatic imine (C=N–C) groups is 2. The van der Waals surface area contributed by atoms with E-state index in [1.165, 1.54) is 113 Å². The molecule has 0 atom stereocenters. The topological polar surface area (TPSA) is 37.6 Å². The second-order valence-corrected chi connectivity index (χ2v) is 29.6. The van der Waals surface area contributed by atoms with E-state index in [0.717, 1.165) is 78.6 Å². The van der Waals surface area contributed by atoms with E-state index in [1.54, 1.807) is 0 Å². The summed E-state index contributed by atoms with van der Waals surface area (Å²) in [4.78, 5) is 17.0. The Kier molecular flexibility index (Phi) is 27.0. The Labute approximate surface area is 388 Å². The molecule has 3 rings (SSSR count). The van der Waals surface area contributed by atoms with E-state index in [4.69, 9.17) is 58.4 Å². The van der Waals surface area contributed by atoms with Crippen molar-refractivity contribution in [2.24, 2.45) is 9.98 Å². The number of halogens is 4. The van der Waals surface area contributed by atoms with Crippen molar-refractivity contribution in [3.8, 4) is 0 Å². The summed E-state index contributed by atoms with van der Waals surface area (Å²) in [6.07, 6.45) is 15.2. The minimum atomic E-state index is -1.76. The average Bonchev–Trinajstić information content (AvgIpc) is 3.24. The Hall–Kier alpha value is -0.957. The summed E-state index contributed by atoms with van der Waals surface area (Å²) in [5.74, 6) is 0. The molecule has 0 bridgehead atoms. The van der Waals surface area contributed by atoms with Gasteiger partial charge in [0, 0.05) is 10.0 Å². The molecule has 0 fully saturated rings. The molecule has 0 aliphatic carbocycles. The van der Waals surface area contributed by atoms with E-state index in [9.17, 15) is 0 Å². The van der Waals surface area contributed by atoms with Crippen LogP contribution in [0.4, 0.5) is 11.4 Å². The fraction of sp³-hybridized carbons (Fsp3) is 0.612. The molecule has 0 spiro atoms. The number of hydrogen-bond donors (Lipinski definition) is 0. The number of unbranched alkanes of at least 4 members (excludes halogenated alkanes) is 6. The van der Waals surface area contributed by atoms with Crippen molar-refractivity contribution in [1.29, 1.82) is 0 Å². The second-order valence-electron chi connectivity index (χ2n) is 17.2. The van der Waals surface area contributed by atoms with Crippen LogP contribution in [0.25, 0.3) is 0 Å². The first-order valence-corrected chi connectivity index (χ1v) is 32.3. The van der Waals surface area contributed by atoms with E-state index in [0.29, 0.717) is 0 Å². The number of pyridine rings is 1. The molecule has 10 heteroatoms. The van der Waals surface area contributed by atoms with Gasteiger partial charge in [-0.3, -0.25) is 9.98 Å². The summed E-state index contributed by atoms with van der Waals surface area (Å²) in [7, 11) is 6.01. The number of nitrogens with zero attached hydrogens (tertiary/aromatic N) is 3. The van der Waals surface area contributed by atoms with Gasteiger partial charge in [-0.1, -0.05) is 196 Å². The third kappa shape index (κ3) is 17.6. The van der Waals surface area contributed by atoms with Crippen LogP contribution in [0.3, 0.4) is 0 Å². The zero-order valence-electron chi connectivity index (χ0n) is 38.4. The molecule has 3 aromatic rings. The molecule has 0 amide bonds. The number of rotatable bonds is 26. The summed E-state index contributed by atoms with van der Waals surface area (Å²) in [6.45, 7) is 22.7. The summed E-state index contributed by atoms with van der Waals surface area (Å²) in [6, 6.07) is 25.2. The first-order valence-electron chi connectivity index (χ1n) is 22.8. The van der Waals surface area contributed by atoms with E-state index in [-0.39, 0.29) is 13.1 Å². The summed E-state index contributed by atoms with van der Waals surface area (Å²) < 4.78 is 0. The zero-order valence-corrected chi connectivity index (χ0v) is 44.5. The van der Waals surface area contributed by atoms with Crippen LogP contribution in [-0.2, 0) is 13.1 Å². The van der Waals surface area contributed by atoms with Crippen LogP contribution in [0, 0.1) is 27.7 Å². The van der Waals surface area contributed by atoms with E-state index in [2.05, 4.69) is 99.6 Å². The molecule has 1 aromatic heterocycles. The average molecular weight is 962 g/mol. The van der Waals surface area contributed by atoms with E-state index < -0.39 is 16.1 Å². The van der Waals surface area contributed by atoms with E-state index >= 15 is 0 Å². The van der Waals surface area contributed by atoms with Crippen molar-refractivity contribution in [2.75, 3.05) is 0 Å². The molecule has 0 unspecified atom stereocenters. The molecule has 0 aliphatic rings. The minimum absolute atomic E-state index is 0.194. The first kappa shape index (κ1) is 54.2. The van der Waals surface area contributed by atoms with Crippen LogP contribution < -0.4 is 0 Å². The monoisotopic (exact) mass is 959 g/mol. The molecule has 0 saturated carbocycles. The van der Waals surface area contributed by atoms with Gasteiger partial charge in [0.2, 0.25) is 0 Å². The summed E-state index contributed by atoms with van der Waals surface area (Å²) in [5.41, 5.74) is 10.8. The molecule has 1 heterocycles. The standard InChI is InChI=1S/C49H77Cl2N3Si2.2ClH.Fe/c1-11-17-30-55(31-18-12-2,32-19-13-3)36-46(53-48-38(7)26-28-42(50)40(48)9)44-24-23-25-45(52-44)47(54-49-39(8)27-29-43(51)41(49)10)37-56(33-20-14-4,34-21-15-5)35-22-16-6;;;/h23-29H,11-22,30-37H2,1-10H3;2*1H;/q;;;+2/p-2. The van der Waals surface area contributed by atoms with Gasteiger partial charge in [-0.15, -0.1) is 0 Å². The van der Waals surface area contributed by atoms with Gasteiger partial charge in [-0.05, 0) is 86.3 Å². The Morgan fingerprint density at radius 2 is 0.797 bits per heavy atom. The van der Waals surface area contributed by atoms with Crippen LogP contribution in [0.1, 0.15) is 152 Å². The third-order valence-corrected chi connectivity index (χ3v) is 23.9. The fourth-order valence-corrected chi connectivity index (χ4v) is 20.1. The molecular formula is C49H77Cl4FeN3Si2. The summed E-state index contributed by atoms with van der Waals surface area (Å²) in [5, 5.41) is 1.55. The molecule has 0 saturated heterocycles. The molecular weight excluding hydrogens is 884 g/mol. The van der Waals surface area contributed by atoms with Crippen molar-refractivity contribution in [2.45, 2.75) is 195 Å². The van der Waals surface area contributed by atoms with Gasteiger partial charge in [-0.25, -0.2) is 4.98 Å². The number of aromatic nitrogens is 1. The van der Waals surface area contributed by atoms with Gasteiger partial charge in [0.25, 0.3) is 0 Å². The maximum atomic E-state index is 6.81. The normalized spacial score (nSPS) is 12.6. The predicted octanol–water partition coefficient (Wildman–Crippen LogP) is 18.9. The van der Waals surface area contributed by atoms with Gasteiger partial charge in [-0.2, -0.15) is 0 Å². The molecule has 2 aromatic carbocycles. The number of aryl methyl sites for hydroxylation is 2. The van der Waals surface area contributed by atoms with Gasteiger partial charge >= 0.3 is 33.3 Å². The predicted molar refractivity (Wildman–Crippen MR) is 270 cm³/mol. The van der Waals surface area contributed by atoms with Crippen molar-refractivity contribution in [3.05, 3.63) is 86.2 Å².